The molecule has 0 radical (unpaired) electrons. The van der Waals surface area contributed by atoms with Gasteiger partial charge in [-0.1, -0.05) is 0 Å². The maximum Gasteiger partial charge on any atom is 0.351 e. The highest BCUT2D eigenvalue weighted by atomic mass is 16.6. The van der Waals surface area contributed by atoms with Gasteiger partial charge in [-0.3, -0.25) is 4.79 Å². The van der Waals surface area contributed by atoms with Crippen molar-refractivity contribution in [3.63, 3.8) is 0 Å². The number of furan rings is 1. The predicted octanol–water partition coefficient (Wildman–Crippen LogP) is -0.484. The molecule has 7 nitrogen and oxygen atoms in total. The van der Waals surface area contributed by atoms with Gasteiger partial charge in [0.25, 0.3) is 5.91 Å². The highest BCUT2D eigenvalue weighted by Crippen LogP contribution is 2.30. The van der Waals surface area contributed by atoms with E-state index in [4.69, 9.17) is 14.9 Å². The van der Waals surface area contributed by atoms with E-state index in [2.05, 4.69) is 4.74 Å². The van der Waals surface area contributed by atoms with Gasteiger partial charge in [0, 0.05) is 12.1 Å². The standard InChI is InChI=1S/C9H5NO6/c10-7(12)4-3-6(11)15-5-1-2-14-9(5)16-8(4)13/h1-3H,(H2,10,12)/b4-3+. The summed E-state index contributed by atoms with van der Waals surface area (Å²) in [4.78, 5) is 33.4. The zero-order chi connectivity index (χ0) is 11.7. The SMILES string of the molecule is NC(=O)/C1=C\C(=O)Oc2ccoc2OC1=O. The van der Waals surface area contributed by atoms with Gasteiger partial charge in [0.1, 0.15) is 5.57 Å². The van der Waals surface area contributed by atoms with Gasteiger partial charge in [-0.2, -0.15) is 0 Å². The third-order valence-electron chi connectivity index (χ3n) is 1.74. The van der Waals surface area contributed by atoms with Gasteiger partial charge < -0.3 is 19.6 Å². The topological polar surface area (TPSA) is 109 Å². The summed E-state index contributed by atoms with van der Waals surface area (Å²) < 4.78 is 14.1. The summed E-state index contributed by atoms with van der Waals surface area (Å²) in [7, 11) is 0. The highest BCUT2D eigenvalue weighted by molar-refractivity contribution is 6.19. The quantitative estimate of drug-likeness (QED) is 0.508. The number of ether oxygens (including phenoxy) is 2. The Labute approximate surface area is 88.4 Å². The lowest BCUT2D eigenvalue weighted by atomic mass is 10.2. The number of carbonyl (C=O) groups is 3. The first-order chi connectivity index (χ1) is 7.58. The zero-order valence-electron chi connectivity index (χ0n) is 7.76. The van der Waals surface area contributed by atoms with Crippen molar-refractivity contribution in [2.24, 2.45) is 5.73 Å². The van der Waals surface area contributed by atoms with E-state index in [9.17, 15) is 14.4 Å². The normalized spacial score (nSPS) is 18.4. The van der Waals surface area contributed by atoms with Crippen molar-refractivity contribution in [1.29, 1.82) is 0 Å². The van der Waals surface area contributed by atoms with Crippen LogP contribution in [0.15, 0.2) is 28.4 Å². The van der Waals surface area contributed by atoms with Gasteiger partial charge in [0.05, 0.1) is 6.26 Å². The molecule has 0 bridgehead atoms. The number of carbonyl (C=O) groups excluding carboxylic acids is 3. The minimum atomic E-state index is -1.09. The zero-order valence-corrected chi connectivity index (χ0v) is 7.76. The molecule has 1 aliphatic heterocycles. The summed E-state index contributed by atoms with van der Waals surface area (Å²) in [6, 6.07) is 1.30. The first kappa shape index (κ1) is 9.97. The number of hydrogen-bond donors (Lipinski definition) is 1. The van der Waals surface area contributed by atoms with E-state index >= 15 is 0 Å². The molecule has 2 N–H and O–H groups in total. The van der Waals surface area contributed by atoms with Crippen LogP contribution in [-0.4, -0.2) is 17.8 Å². The number of hydrogen-bond acceptors (Lipinski definition) is 6. The molecule has 1 amide bonds. The molecule has 0 atom stereocenters. The first-order valence-corrected chi connectivity index (χ1v) is 4.11. The summed E-state index contributed by atoms with van der Waals surface area (Å²) in [5, 5.41) is 0. The minimum absolute atomic E-state index is 0.0434. The van der Waals surface area contributed by atoms with E-state index in [1.165, 1.54) is 12.3 Å². The van der Waals surface area contributed by atoms with Crippen LogP contribution < -0.4 is 15.2 Å². The predicted molar refractivity (Wildman–Crippen MR) is 47.3 cm³/mol. The number of primary amides is 1. The second kappa shape index (κ2) is 3.54. The third-order valence-corrected chi connectivity index (χ3v) is 1.74. The van der Waals surface area contributed by atoms with Gasteiger partial charge in [0.15, 0.2) is 0 Å². The molecule has 7 heteroatoms. The van der Waals surface area contributed by atoms with Crippen molar-refractivity contribution < 1.29 is 28.3 Å². The van der Waals surface area contributed by atoms with Gasteiger partial charge in [0.2, 0.25) is 5.75 Å². The molecule has 0 saturated heterocycles. The maximum atomic E-state index is 11.4. The van der Waals surface area contributed by atoms with Gasteiger partial charge in [-0.15, -0.1) is 0 Å². The van der Waals surface area contributed by atoms with Crippen LogP contribution in [0.1, 0.15) is 0 Å². The maximum absolute atomic E-state index is 11.4. The first-order valence-electron chi connectivity index (χ1n) is 4.11. The van der Waals surface area contributed by atoms with Gasteiger partial charge in [-0.05, 0) is 0 Å². The van der Waals surface area contributed by atoms with Crippen molar-refractivity contribution in [2.45, 2.75) is 0 Å². The summed E-state index contributed by atoms with van der Waals surface area (Å²) in [5.41, 5.74) is 4.28. The fourth-order valence-electron chi connectivity index (χ4n) is 1.06. The Morgan fingerprint density at radius 1 is 1.25 bits per heavy atom. The molecule has 0 spiro atoms. The monoisotopic (exact) mass is 223 g/mol. The fraction of sp³-hybridized carbons (Fsp3) is 0. The molecule has 82 valence electrons. The van der Waals surface area contributed by atoms with Gasteiger partial charge in [-0.25, -0.2) is 9.59 Å². The molecule has 1 aromatic heterocycles. The number of fused-ring (bicyclic) bond motifs is 1. The van der Waals surface area contributed by atoms with E-state index in [-0.39, 0.29) is 11.7 Å². The molecule has 0 unspecified atom stereocenters. The van der Waals surface area contributed by atoms with Crippen LogP contribution >= 0.6 is 0 Å². The Bertz CT molecular complexity index is 512. The lowest BCUT2D eigenvalue weighted by Gasteiger charge is -2.08. The van der Waals surface area contributed by atoms with E-state index < -0.39 is 23.4 Å². The molecular formula is C9H5NO6. The molecular weight excluding hydrogens is 218 g/mol. The summed E-state index contributed by atoms with van der Waals surface area (Å²) >= 11 is 0. The van der Waals surface area contributed by atoms with Gasteiger partial charge >= 0.3 is 17.9 Å². The van der Waals surface area contributed by atoms with Crippen LogP contribution in [0, 0.1) is 0 Å². The summed E-state index contributed by atoms with van der Waals surface area (Å²) in [6.07, 6.45) is 1.83. The molecule has 0 fully saturated rings. The van der Waals surface area contributed by atoms with Crippen LogP contribution in [0.3, 0.4) is 0 Å². The highest BCUT2D eigenvalue weighted by Gasteiger charge is 2.26. The Morgan fingerprint density at radius 3 is 2.69 bits per heavy atom. The fourth-order valence-corrected chi connectivity index (χ4v) is 1.06. The number of rotatable bonds is 1. The largest absolute Gasteiger partial charge is 0.431 e. The number of esters is 2. The van der Waals surface area contributed by atoms with Crippen LogP contribution in [0.2, 0.25) is 0 Å². The third kappa shape index (κ3) is 1.65. The Kier molecular flexibility index (Phi) is 2.20. The molecule has 0 aliphatic carbocycles. The Hall–Kier alpha value is -2.57. The number of amides is 1. The van der Waals surface area contributed by atoms with Crippen molar-refractivity contribution in [3.8, 4) is 11.7 Å². The smallest absolute Gasteiger partial charge is 0.351 e. The lowest BCUT2D eigenvalue weighted by Crippen LogP contribution is -2.27. The molecule has 1 aromatic rings. The van der Waals surface area contributed by atoms with Crippen molar-refractivity contribution in [3.05, 3.63) is 24.0 Å². The molecule has 1 aliphatic rings. The van der Waals surface area contributed by atoms with Crippen LogP contribution in [0.5, 0.6) is 11.7 Å². The van der Waals surface area contributed by atoms with E-state index in [0.717, 1.165) is 0 Å². The molecule has 2 rings (SSSR count). The van der Waals surface area contributed by atoms with Crippen LogP contribution in [0.25, 0.3) is 0 Å². The Balaban J connectivity index is 2.44. The minimum Gasteiger partial charge on any atom is -0.431 e. The van der Waals surface area contributed by atoms with E-state index in [1.54, 1.807) is 0 Å². The molecule has 0 saturated carbocycles. The van der Waals surface area contributed by atoms with E-state index in [1.807, 2.05) is 0 Å². The summed E-state index contributed by atoms with van der Waals surface area (Å²) in [5.74, 6) is -3.41. The average Bonchev–Trinajstić information content (AvgIpc) is 2.59. The van der Waals surface area contributed by atoms with Crippen molar-refractivity contribution in [1.82, 2.24) is 0 Å². The van der Waals surface area contributed by atoms with Crippen LogP contribution in [0.4, 0.5) is 0 Å². The lowest BCUT2D eigenvalue weighted by molar-refractivity contribution is -0.137. The van der Waals surface area contributed by atoms with E-state index in [0.29, 0.717) is 6.08 Å². The van der Waals surface area contributed by atoms with Crippen molar-refractivity contribution >= 4 is 17.8 Å². The molecule has 0 aromatic carbocycles. The van der Waals surface area contributed by atoms with Crippen molar-refractivity contribution in [2.75, 3.05) is 0 Å². The van der Waals surface area contributed by atoms with Crippen LogP contribution in [-0.2, 0) is 14.4 Å². The Morgan fingerprint density at radius 2 is 2.00 bits per heavy atom. The number of nitrogens with two attached hydrogens (primary N) is 1. The second-order valence-electron chi connectivity index (χ2n) is 2.81. The second-order valence-corrected chi connectivity index (χ2v) is 2.81. The molecule has 16 heavy (non-hydrogen) atoms. The average molecular weight is 223 g/mol. The molecule has 2 heterocycles. The summed E-state index contributed by atoms with van der Waals surface area (Å²) in [6.45, 7) is 0.